The molecule has 0 fully saturated rings. The summed E-state index contributed by atoms with van der Waals surface area (Å²) >= 11 is 0. The maximum Gasteiger partial charge on any atom is 0.152 e. The van der Waals surface area contributed by atoms with E-state index in [-0.39, 0.29) is 11.8 Å². The lowest BCUT2D eigenvalue weighted by Gasteiger charge is -2.23. The quantitative estimate of drug-likeness (QED) is 0.758. The van der Waals surface area contributed by atoms with Crippen molar-refractivity contribution in [2.24, 2.45) is 10.7 Å². The molecule has 114 valence electrons. The fourth-order valence-electron chi connectivity index (χ4n) is 2.46. The third kappa shape index (κ3) is 3.37. The van der Waals surface area contributed by atoms with Crippen LogP contribution < -0.4 is 11.1 Å². The van der Waals surface area contributed by atoms with Crippen LogP contribution in [0, 0.1) is 5.41 Å². The summed E-state index contributed by atoms with van der Waals surface area (Å²) in [6, 6.07) is 20.0. The standard InChI is InChI=1S/C19H18N4/c20-12-11-16(21)19-22-17(14-7-3-1-4-8-14)13-18(23-19)15-9-5-2-6-10-15/h1-13,17,21H,20H2,(H,22,23)/b12-11-,21-16?. The summed E-state index contributed by atoms with van der Waals surface area (Å²) in [6.45, 7) is 0. The largest absolute Gasteiger partial charge is 0.405 e. The lowest BCUT2D eigenvalue weighted by molar-refractivity contribution is 0.786. The van der Waals surface area contributed by atoms with E-state index in [2.05, 4.69) is 28.5 Å². The van der Waals surface area contributed by atoms with Gasteiger partial charge in [-0.3, -0.25) is 5.41 Å². The Morgan fingerprint density at radius 2 is 1.70 bits per heavy atom. The summed E-state index contributed by atoms with van der Waals surface area (Å²) in [4.78, 5) is 4.58. The second kappa shape index (κ2) is 6.75. The first-order valence-electron chi connectivity index (χ1n) is 7.42. The van der Waals surface area contributed by atoms with Crippen molar-refractivity contribution in [2.75, 3.05) is 0 Å². The summed E-state index contributed by atoms with van der Waals surface area (Å²) in [5, 5.41) is 11.4. The van der Waals surface area contributed by atoms with Crippen LogP contribution in [0.5, 0.6) is 0 Å². The number of benzene rings is 2. The van der Waals surface area contributed by atoms with Crippen LogP contribution in [-0.4, -0.2) is 11.5 Å². The first-order valence-corrected chi connectivity index (χ1v) is 7.42. The normalized spacial score (nSPS) is 17.3. The number of amidine groups is 1. The Morgan fingerprint density at radius 3 is 2.35 bits per heavy atom. The van der Waals surface area contributed by atoms with Gasteiger partial charge < -0.3 is 11.1 Å². The molecule has 1 heterocycles. The third-order valence-electron chi connectivity index (χ3n) is 3.60. The van der Waals surface area contributed by atoms with Crippen LogP contribution in [0.3, 0.4) is 0 Å². The fourth-order valence-corrected chi connectivity index (χ4v) is 2.46. The first-order chi connectivity index (χ1) is 11.3. The maximum absolute atomic E-state index is 8.10. The zero-order chi connectivity index (χ0) is 16.1. The van der Waals surface area contributed by atoms with Gasteiger partial charge in [-0.25, -0.2) is 4.99 Å². The van der Waals surface area contributed by atoms with Crippen LogP contribution >= 0.6 is 0 Å². The molecule has 0 saturated heterocycles. The van der Waals surface area contributed by atoms with E-state index in [4.69, 9.17) is 11.1 Å². The van der Waals surface area contributed by atoms with E-state index in [1.165, 1.54) is 12.3 Å². The highest BCUT2D eigenvalue weighted by Crippen LogP contribution is 2.26. The van der Waals surface area contributed by atoms with Gasteiger partial charge in [-0.1, -0.05) is 60.7 Å². The van der Waals surface area contributed by atoms with Gasteiger partial charge in [-0.15, -0.1) is 0 Å². The Hall–Kier alpha value is -3.14. The summed E-state index contributed by atoms with van der Waals surface area (Å²) < 4.78 is 0. The minimum Gasteiger partial charge on any atom is -0.405 e. The van der Waals surface area contributed by atoms with Gasteiger partial charge in [0.2, 0.25) is 0 Å². The lowest BCUT2D eigenvalue weighted by Crippen LogP contribution is -2.35. The smallest absolute Gasteiger partial charge is 0.152 e. The minimum atomic E-state index is -0.0366. The van der Waals surface area contributed by atoms with Crippen molar-refractivity contribution < 1.29 is 0 Å². The highest BCUT2D eigenvalue weighted by molar-refractivity contribution is 6.45. The Kier molecular flexibility index (Phi) is 4.34. The van der Waals surface area contributed by atoms with E-state index < -0.39 is 0 Å². The molecular formula is C19H18N4. The van der Waals surface area contributed by atoms with Gasteiger partial charge in [0, 0.05) is 0 Å². The second-order valence-electron chi connectivity index (χ2n) is 5.18. The number of nitrogens with zero attached hydrogens (tertiary/aromatic N) is 1. The Bertz CT molecular complexity index is 774. The van der Waals surface area contributed by atoms with Gasteiger partial charge in [0.15, 0.2) is 5.84 Å². The zero-order valence-electron chi connectivity index (χ0n) is 12.6. The molecule has 3 rings (SSSR count). The molecule has 0 bridgehead atoms. The van der Waals surface area contributed by atoms with E-state index >= 15 is 0 Å². The number of nitrogens with two attached hydrogens (primary N) is 1. The number of nitrogens with one attached hydrogen (secondary N) is 2. The molecule has 1 atom stereocenters. The summed E-state index contributed by atoms with van der Waals surface area (Å²) in [5.41, 5.74) is 8.67. The number of hydrogen-bond acceptors (Lipinski definition) is 4. The molecule has 0 aromatic heterocycles. The van der Waals surface area contributed by atoms with Crippen molar-refractivity contribution in [3.63, 3.8) is 0 Å². The molecule has 4 heteroatoms. The third-order valence-corrected chi connectivity index (χ3v) is 3.60. The lowest BCUT2D eigenvalue weighted by atomic mass is 10.0. The highest BCUT2D eigenvalue weighted by Gasteiger charge is 2.19. The van der Waals surface area contributed by atoms with Gasteiger partial charge in [0.25, 0.3) is 0 Å². The number of hydrogen-bond donors (Lipinski definition) is 3. The van der Waals surface area contributed by atoms with Crippen LogP contribution in [-0.2, 0) is 0 Å². The summed E-state index contributed by atoms with van der Waals surface area (Å²) in [5.74, 6) is 0.516. The second-order valence-corrected chi connectivity index (χ2v) is 5.18. The Morgan fingerprint density at radius 1 is 1.04 bits per heavy atom. The predicted molar refractivity (Wildman–Crippen MR) is 95.2 cm³/mol. The maximum atomic E-state index is 8.10. The molecule has 4 nitrogen and oxygen atoms in total. The first kappa shape index (κ1) is 14.8. The van der Waals surface area contributed by atoms with Crippen molar-refractivity contribution in [3.8, 4) is 0 Å². The average Bonchev–Trinajstić information content (AvgIpc) is 2.63. The van der Waals surface area contributed by atoms with Crippen molar-refractivity contribution in [2.45, 2.75) is 6.04 Å². The molecule has 1 aliphatic heterocycles. The van der Waals surface area contributed by atoms with E-state index in [1.807, 2.05) is 48.5 Å². The molecule has 1 unspecified atom stereocenters. The molecule has 4 N–H and O–H groups in total. The van der Waals surface area contributed by atoms with E-state index in [1.54, 1.807) is 0 Å². The van der Waals surface area contributed by atoms with Gasteiger partial charge in [0.1, 0.15) is 0 Å². The van der Waals surface area contributed by atoms with Crippen molar-refractivity contribution in [3.05, 3.63) is 90.1 Å². The van der Waals surface area contributed by atoms with Crippen LogP contribution in [0.15, 0.2) is 84.0 Å². The predicted octanol–water partition coefficient (Wildman–Crippen LogP) is 3.26. The van der Waals surface area contributed by atoms with Crippen LogP contribution in [0.25, 0.3) is 5.70 Å². The van der Waals surface area contributed by atoms with Crippen LogP contribution in [0.4, 0.5) is 0 Å². The van der Waals surface area contributed by atoms with Gasteiger partial charge in [-0.2, -0.15) is 0 Å². The molecule has 23 heavy (non-hydrogen) atoms. The molecule has 0 amide bonds. The average molecular weight is 302 g/mol. The number of rotatable bonds is 4. The number of aliphatic imine (C=N–C) groups is 1. The molecule has 1 aliphatic rings. The molecule has 0 saturated carbocycles. The molecule has 0 aliphatic carbocycles. The highest BCUT2D eigenvalue weighted by atomic mass is 15.1. The zero-order valence-corrected chi connectivity index (χ0v) is 12.6. The van der Waals surface area contributed by atoms with Gasteiger partial charge in [0.05, 0.1) is 17.5 Å². The van der Waals surface area contributed by atoms with Crippen molar-refractivity contribution >= 4 is 17.2 Å². The Balaban J connectivity index is 2.02. The van der Waals surface area contributed by atoms with Crippen molar-refractivity contribution in [1.82, 2.24) is 5.32 Å². The SMILES string of the molecule is N=C(/C=C\N)C1=NC(c2ccccc2)=CC(c2ccccc2)N1. The Labute approximate surface area is 135 Å². The molecule has 2 aromatic carbocycles. The van der Waals surface area contributed by atoms with Crippen LogP contribution in [0.2, 0.25) is 0 Å². The van der Waals surface area contributed by atoms with E-state index in [0.29, 0.717) is 5.84 Å². The molecule has 0 spiro atoms. The molecule has 0 radical (unpaired) electrons. The molecular weight excluding hydrogens is 284 g/mol. The molecule has 2 aromatic rings. The van der Waals surface area contributed by atoms with E-state index in [9.17, 15) is 0 Å². The minimum absolute atomic E-state index is 0.0366. The van der Waals surface area contributed by atoms with Gasteiger partial charge >= 0.3 is 0 Å². The van der Waals surface area contributed by atoms with Gasteiger partial charge in [-0.05, 0) is 29.5 Å². The fraction of sp³-hybridized carbons (Fsp3) is 0.0526. The van der Waals surface area contributed by atoms with Crippen molar-refractivity contribution in [1.29, 1.82) is 5.41 Å². The monoisotopic (exact) mass is 302 g/mol. The van der Waals surface area contributed by atoms with Crippen LogP contribution in [0.1, 0.15) is 17.2 Å². The summed E-state index contributed by atoms with van der Waals surface area (Å²) in [6.07, 6.45) is 4.96. The summed E-state index contributed by atoms with van der Waals surface area (Å²) in [7, 11) is 0. The topological polar surface area (TPSA) is 74.3 Å². The van der Waals surface area contributed by atoms with E-state index in [0.717, 1.165) is 16.8 Å².